The standard InChI is InChI=1S/C11H11BrO2/c12-9-7-5-3-1-2-4-6-8-11(14)10-13/h11,13-14H,1,3,5,10H2/t11-/m0/s1. The number of unbranched alkanes of at least 4 members (excludes halogenated alkanes) is 2. The Bertz CT molecular complexity index is 316. The van der Waals surface area contributed by atoms with Gasteiger partial charge in [0.15, 0.2) is 0 Å². The normalized spacial score (nSPS) is 9.64. The van der Waals surface area contributed by atoms with Gasteiger partial charge in [-0.15, -0.1) is 0 Å². The van der Waals surface area contributed by atoms with E-state index < -0.39 is 6.10 Å². The van der Waals surface area contributed by atoms with Gasteiger partial charge in [-0.25, -0.2) is 0 Å². The molecule has 2 nitrogen and oxygen atoms in total. The molecular weight excluding hydrogens is 244 g/mol. The smallest absolute Gasteiger partial charge is 0.138 e. The maximum absolute atomic E-state index is 8.82. The predicted molar refractivity (Wildman–Crippen MR) is 59.2 cm³/mol. The fourth-order valence-corrected chi connectivity index (χ4v) is 0.782. The molecular formula is C11H11BrO2. The summed E-state index contributed by atoms with van der Waals surface area (Å²) >= 11 is 3.00. The Kier molecular flexibility index (Phi) is 9.49. The van der Waals surface area contributed by atoms with Gasteiger partial charge in [-0.3, -0.25) is 0 Å². The molecule has 0 radical (unpaired) electrons. The molecule has 1 atom stereocenters. The van der Waals surface area contributed by atoms with E-state index in [1.807, 2.05) is 0 Å². The lowest BCUT2D eigenvalue weighted by atomic mass is 10.2. The molecule has 0 saturated carbocycles. The highest BCUT2D eigenvalue weighted by Crippen LogP contribution is 1.91. The number of hydrogen-bond donors (Lipinski definition) is 2. The van der Waals surface area contributed by atoms with Gasteiger partial charge in [0.1, 0.15) is 6.10 Å². The molecule has 0 aromatic heterocycles. The first-order valence-corrected chi connectivity index (χ1v) is 4.96. The van der Waals surface area contributed by atoms with Crippen LogP contribution in [0.5, 0.6) is 0 Å². The van der Waals surface area contributed by atoms with Gasteiger partial charge < -0.3 is 10.2 Å². The summed E-state index contributed by atoms with van der Waals surface area (Å²) in [7, 11) is 0. The molecule has 14 heavy (non-hydrogen) atoms. The maximum Gasteiger partial charge on any atom is 0.138 e. The molecule has 0 amide bonds. The van der Waals surface area contributed by atoms with Crippen molar-refractivity contribution in [2.45, 2.75) is 25.4 Å². The van der Waals surface area contributed by atoms with Crippen LogP contribution in [0.2, 0.25) is 0 Å². The lowest BCUT2D eigenvalue weighted by Crippen LogP contribution is -2.07. The lowest BCUT2D eigenvalue weighted by molar-refractivity contribution is 0.138. The Morgan fingerprint density at radius 3 is 2.50 bits per heavy atom. The predicted octanol–water partition coefficient (Wildman–Crippen LogP) is 0.873. The van der Waals surface area contributed by atoms with Crippen molar-refractivity contribution >= 4 is 15.9 Å². The average Bonchev–Trinajstić information content (AvgIpc) is 2.21. The Labute approximate surface area is 92.8 Å². The third kappa shape index (κ3) is 9.17. The molecule has 74 valence electrons. The maximum atomic E-state index is 8.82. The van der Waals surface area contributed by atoms with Crippen molar-refractivity contribution in [3.05, 3.63) is 0 Å². The second kappa shape index (κ2) is 10.2. The summed E-state index contributed by atoms with van der Waals surface area (Å²) < 4.78 is 0. The van der Waals surface area contributed by atoms with E-state index in [2.05, 4.69) is 50.4 Å². The lowest BCUT2D eigenvalue weighted by Gasteiger charge is -1.90. The minimum atomic E-state index is -0.983. The van der Waals surface area contributed by atoms with Gasteiger partial charge in [0.25, 0.3) is 0 Å². The highest BCUT2D eigenvalue weighted by molar-refractivity contribution is 9.12. The third-order valence-corrected chi connectivity index (χ3v) is 1.51. The first kappa shape index (κ1) is 13.1. The molecule has 2 N–H and O–H groups in total. The summed E-state index contributed by atoms with van der Waals surface area (Å²) in [5.41, 5.74) is 0. The van der Waals surface area contributed by atoms with E-state index >= 15 is 0 Å². The van der Waals surface area contributed by atoms with Crippen LogP contribution in [0, 0.1) is 34.4 Å². The second-order valence-electron chi connectivity index (χ2n) is 2.39. The molecule has 0 rings (SSSR count). The number of hydrogen-bond acceptors (Lipinski definition) is 2. The van der Waals surface area contributed by atoms with Crippen molar-refractivity contribution in [1.29, 1.82) is 0 Å². The molecule has 3 heteroatoms. The summed E-state index contributed by atoms with van der Waals surface area (Å²) in [5.74, 6) is 13.1. The third-order valence-electron chi connectivity index (χ3n) is 1.23. The SMILES string of the molecule is OC[C@@H](O)C#CC#CCCCC#CBr. The van der Waals surface area contributed by atoms with Crippen molar-refractivity contribution in [3.63, 3.8) is 0 Å². The fraction of sp³-hybridized carbons (Fsp3) is 0.455. The number of halogens is 1. The summed E-state index contributed by atoms with van der Waals surface area (Å²) in [6.07, 6.45) is 1.48. The molecule has 0 saturated heterocycles. The highest BCUT2D eigenvalue weighted by atomic mass is 79.9. The van der Waals surface area contributed by atoms with Gasteiger partial charge in [0, 0.05) is 28.8 Å². The average molecular weight is 255 g/mol. The summed E-state index contributed by atoms with van der Waals surface area (Å²) in [6.45, 7) is -0.352. The van der Waals surface area contributed by atoms with Gasteiger partial charge in [0.05, 0.1) is 6.61 Å². The Morgan fingerprint density at radius 2 is 1.86 bits per heavy atom. The van der Waals surface area contributed by atoms with E-state index in [0.29, 0.717) is 0 Å². The van der Waals surface area contributed by atoms with Crippen LogP contribution in [0.15, 0.2) is 0 Å². The molecule has 0 heterocycles. The van der Waals surface area contributed by atoms with Crippen LogP contribution >= 0.6 is 15.9 Å². The van der Waals surface area contributed by atoms with Gasteiger partial charge >= 0.3 is 0 Å². The van der Waals surface area contributed by atoms with Crippen LogP contribution in [-0.4, -0.2) is 22.9 Å². The van der Waals surface area contributed by atoms with Gasteiger partial charge in [0.2, 0.25) is 0 Å². The van der Waals surface area contributed by atoms with Crippen LogP contribution in [0.3, 0.4) is 0 Å². The minimum absolute atomic E-state index is 0.352. The van der Waals surface area contributed by atoms with Crippen LogP contribution < -0.4 is 0 Å². The molecule has 0 aliphatic rings. The topological polar surface area (TPSA) is 40.5 Å². The largest absolute Gasteiger partial charge is 0.393 e. The highest BCUT2D eigenvalue weighted by Gasteiger charge is 1.90. The Balaban J connectivity index is 3.59. The number of rotatable bonds is 3. The molecule has 0 aliphatic heterocycles. The zero-order chi connectivity index (χ0) is 10.6. The zero-order valence-corrected chi connectivity index (χ0v) is 9.26. The molecule has 0 aromatic rings. The monoisotopic (exact) mass is 254 g/mol. The van der Waals surface area contributed by atoms with E-state index in [1.165, 1.54) is 0 Å². The number of aliphatic hydroxyl groups is 2. The van der Waals surface area contributed by atoms with E-state index in [-0.39, 0.29) is 6.61 Å². The summed E-state index contributed by atoms with van der Waals surface area (Å²) in [6, 6.07) is 0. The first-order chi connectivity index (χ1) is 6.81. The minimum Gasteiger partial charge on any atom is -0.393 e. The quantitative estimate of drug-likeness (QED) is 0.580. The van der Waals surface area contributed by atoms with Crippen molar-refractivity contribution < 1.29 is 10.2 Å². The van der Waals surface area contributed by atoms with Crippen molar-refractivity contribution in [1.82, 2.24) is 0 Å². The molecule has 0 aromatic carbocycles. The Morgan fingerprint density at radius 1 is 1.14 bits per heavy atom. The fourth-order valence-electron chi connectivity index (χ4n) is 0.584. The van der Waals surface area contributed by atoms with E-state index in [4.69, 9.17) is 10.2 Å². The van der Waals surface area contributed by atoms with Gasteiger partial charge in [-0.05, 0) is 23.1 Å². The van der Waals surface area contributed by atoms with Crippen molar-refractivity contribution in [2.24, 2.45) is 0 Å². The van der Waals surface area contributed by atoms with Crippen LogP contribution in [0.1, 0.15) is 19.3 Å². The first-order valence-electron chi connectivity index (χ1n) is 4.17. The van der Waals surface area contributed by atoms with E-state index in [1.54, 1.807) is 0 Å². The van der Waals surface area contributed by atoms with Crippen LogP contribution in [0.4, 0.5) is 0 Å². The van der Waals surface area contributed by atoms with E-state index in [9.17, 15) is 0 Å². The summed E-state index contributed by atoms with van der Waals surface area (Å²) in [4.78, 5) is 2.62. The Hall–Kier alpha value is -0.920. The van der Waals surface area contributed by atoms with Gasteiger partial charge in [-0.1, -0.05) is 17.8 Å². The zero-order valence-electron chi connectivity index (χ0n) is 7.68. The van der Waals surface area contributed by atoms with Crippen LogP contribution in [0.25, 0.3) is 0 Å². The van der Waals surface area contributed by atoms with Crippen LogP contribution in [-0.2, 0) is 0 Å². The molecule has 0 spiro atoms. The second-order valence-corrected chi connectivity index (χ2v) is 2.79. The summed E-state index contributed by atoms with van der Waals surface area (Å²) in [5, 5.41) is 17.2. The molecule has 0 aliphatic carbocycles. The van der Waals surface area contributed by atoms with Gasteiger partial charge in [-0.2, -0.15) is 0 Å². The van der Waals surface area contributed by atoms with Crippen molar-refractivity contribution in [3.8, 4) is 34.4 Å². The molecule has 0 fully saturated rings. The van der Waals surface area contributed by atoms with E-state index in [0.717, 1.165) is 19.3 Å². The van der Waals surface area contributed by atoms with Crippen molar-refractivity contribution in [2.75, 3.05) is 6.61 Å². The number of aliphatic hydroxyl groups excluding tert-OH is 2. The molecule has 0 bridgehead atoms. The molecule has 0 unspecified atom stereocenters.